The summed E-state index contributed by atoms with van der Waals surface area (Å²) in [6.45, 7) is 3.20. The quantitative estimate of drug-likeness (QED) is 0.848. The van der Waals surface area contributed by atoms with Crippen LogP contribution in [0.25, 0.3) is 0 Å². The monoisotopic (exact) mass is 372 g/mol. The standard InChI is InChI=1S/C20H24N2O3S/c1-14-7-8-17(25-2)15(13-14)9-10-21-19(23)16-5-3-11-22(16)20(24)18-6-4-12-26-18/h4,6-8,12-13,16H,3,5,9-11H2,1-2H3,(H,21,23)/t16-/m0/s1. The van der Waals surface area contributed by atoms with E-state index in [2.05, 4.69) is 11.4 Å². The van der Waals surface area contributed by atoms with Crippen LogP contribution in [0.4, 0.5) is 0 Å². The fourth-order valence-electron chi connectivity index (χ4n) is 3.37. The van der Waals surface area contributed by atoms with Gasteiger partial charge in [-0.2, -0.15) is 0 Å². The van der Waals surface area contributed by atoms with E-state index >= 15 is 0 Å². The molecule has 0 radical (unpaired) electrons. The molecule has 1 aliphatic rings. The molecular weight excluding hydrogens is 348 g/mol. The minimum absolute atomic E-state index is 0.0435. The van der Waals surface area contributed by atoms with Crippen LogP contribution in [0.3, 0.4) is 0 Å². The molecule has 26 heavy (non-hydrogen) atoms. The first-order valence-corrected chi connectivity index (χ1v) is 9.74. The third-order valence-corrected chi connectivity index (χ3v) is 5.54. The lowest BCUT2D eigenvalue weighted by Gasteiger charge is -2.23. The van der Waals surface area contributed by atoms with E-state index in [4.69, 9.17) is 4.74 Å². The van der Waals surface area contributed by atoms with Gasteiger partial charge in [0.1, 0.15) is 11.8 Å². The van der Waals surface area contributed by atoms with E-state index in [1.807, 2.05) is 36.6 Å². The van der Waals surface area contributed by atoms with Crippen molar-refractivity contribution in [1.82, 2.24) is 10.2 Å². The Morgan fingerprint density at radius 3 is 2.92 bits per heavy atom. The molecule has 6 heteroatoms. The van der Waals surface area contributed by atoms with Crippen LogP contribution in [0.2, 0.25) is 0 Å². The number of nitrogens with zero attached hydrogens (tertiary/aromatic N) is 1. The predicted molar refractivity (Wildman–Crippen MR) is 103 cm³/mol. The Morgan fingerprint density at radius 1 is 1.35 bits per heavy atom. The first-order valence-electron chi connectivity index (χ1n) is 8.86. The molecule has 1 atom stereocenters. The van der Waals surface area contributed by atoms with Crippen molar-refractivity contribution in [2.24, 2.45) is 0 Å². The fourth-order valence-corrected chi connectivity index (χ4v) is 4.04. The van der Waals surface area contributed by atoms with E-state index in [-0.39, 0.29) is 17.9 Å². The Kier molecular flexibility index (Phi) is 5.93. The molecule has 1 fully saturated rings. The molecule has 2 aromatic rings. The zero-order valence-corrected chi connectivity index (χ0v) is 16.0. The largest absolute Gasteiger partial charge is 0.496 e. The number of amides is 2. The first-order chi connectivity index (χ1) is 12.6. The highest BCUT2D eigenvalue weighted by molar-refractivity contribution is 7.12. The Labute approximate surface area is 158 Å². The molecule has 1 aromatic carbocycles. The smallest absolute Gasteiger partial charge is 0.264 e. The van der Waals surface area contributed by atoms with Gasteiger partial charge in [0.05, 0.1) is 12.0 Å². The number of carbonyl (C=O) groups excluding carboxylic acids is 2. The number of likely N-dealkylation sites (tertiary alicyclic amines) is 1. The lowest BCUT2D eigenvalue weighted by molar-refractivity contribution is -0.124. The third-order valence-electron chi connectivity index (χ3n) is 4.68. The highest BCUT2D eigenvalue weighted by atomic mass is 32.1. The number of aryl methyl sites for hydroxylation is 1. The highest BCUT2D eigenvalue weighted by Crippen LogP contribution is 2.23. The number of ether oxygens (including phenoxy) is 1. The Hall–Kier alpha value is -2.34. The molecule has 138 valence electrons. The summed E-state index contributed by atoms with van der Waals surface area (Å²) in [5.41, 5.74) is 2.24. The molecule has 1 aliphatic heterocycles. The lowest BCUT2D eigenvalue weighted by atomic mass is 10.1. The number of methoxy groups -OCH3 is 1. The molecule has 1 saturated heterocycles. The highest BCUT2D eigenvalue weighted by Gasteiger charge is 2.34. The maximum Gasteiger partial charge on any atom is 0.264 e. The van der Waals surface area contributed by atoms with E-state index < -0.39 is 0 Å². The molecule has 3 rings (SSSR count). The van der Waals surface area contributed by atoms with Crippen molar-refractivity contribution in [3.63, 3.8) is 0 Å². The number of rotatable bonds is 6. The van der Waals surface area contributed by atoms with Gasteiger partial charge in [0.15, 0.2) is 0 Å². The number of carbonyl (C=O) groups is 2. The first kappa shape index (κ1) is 18.5. The van der Waals surface area contributed by atoms with Gasteiger partial charge < -0.3 is 15.0 Å². The molecule has 0 saturated carbocycles. The van der Waals surface area contributed by atoms with Crippen LogP contribution >= 0.6 is 11.3 Å². The zero-order chi connectivity index (χ0) is 18.5. The van der Waals surface area contributed by atoms with E-state index in [1.54, 1.807) is 12.0 Å². The third kappa shape index (κ3) is 4.07. The lowest BCUT2D eigenvalue weighted by Crippen LogP contribution is -2.46. The van der Waals surface area contributed by atoms with Gasteiger partial charge >= 0.3 is 0 Å². The minimum Gasteiger partial charge on any atom is -0.496 e. The summed E-state index contributed by atoms with van der Waals surface area (Å²) in [6, 6.07) is 9.33. The van der Waals surface area contributed by atoms with Crippen LogP contribution in [0.1, 0.15) is 33.6 Å². The van der Waals surface area contributed by atoms with Gasteiger partial charge in [-0.15, -0.1) is 11.3 Å². The number of nitrogens with one attached hydrogen (secondary N) is 1. The maximum atomic E-state index is 12.6. The van der Waals surface area contributed by atoms with Gasteiger partial charge in [0.2, 0.25) is 5.91 Å². The van der Waals surface area contributed by atoms with Crippen molar-refractivity contribution < 1.29 is 14.3 Å². The summed E-state index contributed by atoms with van der Waals surface area (Å²) < 4.78 is 5.38. The van der Waals surface area contributed by atoms with Gasteiger partial charge in [0.25, 0.3) is 5.91 Å². The summed E-state index contributed by atoms with van der Waals surface area (Å²) in [5.74, 6) is 0.720. The Balaban J connectivity index is 1.58. The van der Waals surface area contributed by atoms with Crippen LogP contribution in [-0.2, 0) is 11.2 Å². The molecule has 5 nitrogen and oxygen atoms in total. The molecule has 0 aliphatic carbocycles. The molecule has 2 amide bonds. The Morgan fingerprint density at radius 2 is 2.19 bits per heavy atom. The molecule has 0 bridgehead atoms. The molecule has 1 aromatic heterocycles. The van der Waals surface area contributed by atoms with Gasteiger partial charge in [-0.25, -0.2) is 0 Å². The normalized spacial score (nSPS) is 16.5. The van der Waals surface area contributed by atoms with Crippen LogP contribution in [-0.4, -0.2) is 43.0 Å². The number of hydrogen-bond donors (Lipinski definition) is 1. The van der Waals surface area contributed by atoms with E-state index in [1.165, 1.54) is 11.3 Å². The van der Waals surface area contributed by atoms with Crippen LogP contribution in [0, 0.1) is 6.92 Å². The second-order valence-corrected chi connectivity index (χ2v) is 7.44. The minimum atomic E-state index is -0.371. The van der Waals surface area contributed by atoms with Crippen LogP contribution in [0.15, 0.2) is 35.7 Å². The summed E-state index contributed by atoms with van der Waals surface area (Å²) in [6.07, 6.45) is 2.28. The summed E-state index contributed by atoms with van der Waals surface area (Å²) in [5, 5.41) is 4.87. The second-order valence-electron chi connectivity index (χ2n) is 6.49. The Bertz CT molecular complexity index is 773. The van der Waals surface area contributed by atoms with Crippen molar-refractivity contribution in [3.05, 3.63) is 51.7 Å². The van der Waals surface area contributed by atoms with Gasteiger partial charge in [-0.05, 0) is 49.3 Å². The second kappa shape index (κ2) is 8.36. The van der Waals surface area contributed by atoms with E-state index in [0.717, 1.165) is 29.7 Å². The number of benzene rings is 1. The maximum absolute atomic E-state index is 12.6. The van der Waals surface area contributed by atoms with E-state index in [0.29, 0.717) is 24.4 Å². The van der Waals surface area contributed by atoms with E-state index in [9.17, 15) is 9.59 Å². The average Bonchev–Trinajstić information content (AvgIpc) is 3.33. The van der Waals surface area contributed by atoms with Crippen molar-refractivity contribution >= 4 is 23.2 Å². The molecule has 2 heterocycles. The van der Waals surface area contributed by atoms with Crippen molar-refractivity contribution in [2.75, 3.05) is 20.2 Å². The molecule has 1 N–H and O–H groups in total. The van der Waals surface area contributed by atoms with Crippen LogP contribution < -0.4 is 10.1 Å². The molecule has 0 unspecified atom stereocenters. The fraction of sp³-hybridized carbons (Fsp3) is 0.400. The summed E-state index contributed by atoms with van der Waals surface area (Å²) >= 11 is 1.42. The number of hydrogen-bond acceptors (Lipinski definition) is 4. The van der Waals surface area contributed by atoms with Crippen LogP contribution in [0.5, 0.6) is 5.75 Å². The predicted octanol–water partition coefficient (Wildman–Crippen LogP) is 3.03. The zero-order valence-electron chi connectivity index (χ0n) is 15.2. The van der Waals surface area contributed by atoms with Crippen molar-refractivity contribution in [2.45, 2.75) is 32.2 Å². The topological polar surface area (TPSA) is 58.6 Å². The average molecular weight is 372 g/mol. The summed E-state index contributed by atoms with van der Waals surface area (Å²) in [7, 11) is 1.65. The van der Waals surface area contributed by atoms with Crippen molar-refractivity contribution in [1.29, 1.82) is 0 Å². The molecule has 0 spiro atoms. The molecular formula is C20H24N2O3S. The SMILES string of the molecule is COc1ccc(C)cc1CCNC(=O)[C@@H]1CCCN1C(=O)c1cccs1. The summed E-state index contributed by atoms with van der Waals surface area (Å²) in [4.78, 5) is 27.6. The number of thiophene rings is 1. The van der Waals surface area contributed by atoms with Gasteiger partial charge in [-0.1, -0.05) is 23.8 Å². The van der Waals surface area contributed by atoms with Gasteiger partial charge in [0, 0.05) is 13.1 Å². The van der Waals surface area contributed by atoms with Gasteiger partial charge in [-0.3, -0.25) is 9.59 Å². The van der Waals surface area contributed by atoms with Crippen molar-refractivity contribution in [3.8, 4) is 5.75 Å².